The molecule has 3 rings (SSSR count). The van der Waals surface area contributed by atoms with Crippen LogP contribution in [0.4, 0.5) is 5.82 Å². The molecule has 1 amide bonds. The summed E-state index contributed by atoms with van der Waals surface area (Å²) in [5.41, 5.74) is 1.48. The predicted octanol–water partition coefficient (Wildman–Crippen LogP) is 2.48. The number of H-pyrrole nitrogens is 1. The lowest BCUT2D eigenvalue weighted by Crippen LogP contribution is -2.19. The lowest BCUT2D eigenvalue weighted by Gasteiger charge is -2.11. The minimum absolute atomic E-state index is 0.259. The molecule has 2 heterocycles. The zero-order valence-electron chi connectivity index (χ0n) is 15.4. The summed E-state index contributed by atoms with van der Waals surface area (Å²) >= 11 is 0. The molecule has 140 valence electrons. The molecule has 0 spiro atoms. The van der Waals surface area contributed by atoms with Crippen LogP contribution in [-0.4, -0.2) is 32.8 Å². The molecule has 0 saturated carbocycles. The fourth-order valence-electron chi connectivity index (χ4n) is 2.74. The molecule has 0 bridgehead atoms. The van der Waals surface area contributed by atoms with Crippen LogP contribution in [0.3, 0.4) is 0 Å². The van der Waals surface area contributed by atoms with E-state index in [-0.39, 0.29) is 17.4 Å². The van der Waals surface area contributed by atoms with Crippen molar-refractivity contribution in [3.05, 3.63) is 63.7 Å². The van der Waals surface area contributed by atoms with Crippen molar-refractivity contribution < 1.29 is 9.53 Å². The van der Waals surface area contributed by atoms with Gasteiger partial charge in [-0.3, -0.25) is 14.6 Å². The van der Waals surface area contributed by atoms with Gasteiger partial charge in [0, 0.05) is 17.8 Å². The van der Waals surface area contributed by atoms with Crippen molar-refractivity contribution in [2.24, 2.45) is 0 Å². The fourth-order valence-corrected chi connectivity index (χ4v) is 2.74. The molecule has 2 aromatic heterocycles. The van der Waals surface area contributed by atoms with Gasteiger partial charge in [0.2, 0.25) is 5.95 Å². The first kappa shape index (κ1) is 18.4. The third kappa shape index (κ3) is 4.05. The molecule has 0 atom stereocenters. The van der Waals surface area contributed by atoms with E-state index in [0.717, 1.165) is 6.42 Å². The summed E-state index contributed by atoms with van der Waals surface area (Å²) < 4.78 is 6.66. The summed E-state index contributed by atoms with van der Waals surface area (Å²) in [6.45, 7) is 3.81. The van der Waals surface area contributed by atoms with Gasteiger partial charge in [-0.05, 0) is 25.5 Å². The summed E-state index contributed by atoms with van der Waals surface area (Å²) in [6.07, 6.45) is 1.55. The van der Waals surface area contributed by atoms with Gasteiger partial charge in [0.15, 0.2) is 0 Å². The van der Waals surface area contributed by atoms with E-state index in [1.54, 1.807) is 37.3 Å². The molecule has 8 nitrogen and oxygen atoms in total. The molecule has 0 aliphatic rings. The normalized spacial score (nSPS) is 10.6. The van der Waals surface area contributed by atoms with E-state index in [4.69, 9.17) is 4.74 Å². The van der Waals surface area contributed by atoms with Gasteiger partial charge in [-0.15, -0.1) is 0 Å². The molecule has 0 fully saturated rings. The van der Waals surface area contributed by atoms with Crippen LogP contribution < -0.4 is 15.6 Å². The monoisotopic (exact) mass is 367 g/mol. The summed E-state index contributed by atoms with van der Waals surface area (Å²) in [5, 5.41) is 7.16. The van der Waals surface area contributed by atoms with Crippen molar-refractivity contribution in [1.29, 1.82) is 0 Å². The third-order valence-electron chi connectivity index (χ3n) is 3.91. The Morgan fingerprint density at radius 2 is 2.07 bits per heavy atom. The maximum Gasteiger partial charge on any atom is 0.260 e. The Balaban J connectivity index is 1.97. The number of carbonyl (C=O) groups is 1. The van der Waals surface area contributed by atoms with E-state index in [0.29, 0.717) is 34.9 Å². The zero-order chi connectivity index (χ0) is 19.4. The molecule has 27 heavy (non-hydrogen) atoms. The van der Waals surface area contributed by atoms with Crippen LogP contribution in [0.1, 0.15) is 35.1 Å². The van der Waals surface area contributed by atoms with Crippen LogP contribution in [0.5, 0.6) is 5.75 Å². The number of hydrogen-bond donors (Lipinski definition) is 2. The van der Waals surface area contributed by atoms with Crippen molar-refractivity contribution in [3.8, 4) is 11.7 Å². The van der Waals surface area contributed by atoms with Crippen molar-refractivity contribution in [1.82, 2.24) is 19.7 Å². The van der Waals surface area contributed by atoms with Gasteiger partial charge in [-0.1, -0.05) is 25.5 Å². The summed E-state index contributed by atoms with van der Waals surface area (Å²) in [7, 11) is 1.51. The maximum absolute atomic E-state index is 12.7. The van der Waals surface area contributed by atoms with Crippen LogP contribution in [0, 0.1) is 6.92 Å². The lowest BCUT2D eigenvalue weighted by molar-refractivity contribution is 0.102. The number of ether oxygens (including phenoxy) is 1. The van der Waals surface area contributed by atoms with Crippen LogP contribution >= 0.6 is 0 Å². The van der Waals surface area contributed by atoms with E-state index in [9.17, 15) is 9.59 Å². The van der Waals surface area contributed by atoms with Gasteiger partial charge in [0.05, 0.1) is 18.4 Å². The number of nitrogens with one attached hydrogen (secondary N) is 2. The Labute approximate surface area is 156 Å². The Morgan fingerprint density at radius 3 is 2.81 bits per heavy atom. The molecular weight excluding hydrogens is 346 g/mol. The van der Waals surface area contributed by atoms with Gasteiger partial charge in [0.25, 0.3) is 11.5 Å². The van der Waals surface area contributed by atoms with Gasteiger partial charge < -0.3 is 10.1 Å². The Morgan fingerprint density at radius 1 is 1.30 bits per heavy atom. The van der Waals surface area contributed by atoms with Crippen molar-refractivity contribution >= 4 is 11.7 Å². The molecule has 0 unspecified atom stereocenters. The van der Waals surface area contributed by atoms with Gasteiger partial charge in [-0.2, -0.15) is 9.78 Å². The number of aromatic amines is 1. The smallest absolute Gasteiger partial charge is 0.260 e. The first-order chi connectivity index (χ1) is 13.0. The second-order valence-corrected chi connectivity index (χ2v) is 6.05. The van der Waals surface area contributed by atoms with Crippen LogP contribution in [0.15, 0.2) is 41.2 Å². The van der Waals surface area contributed by atoms with Crippen molar-refractivity contribution in [3.63, 3.8) is 0 Å². The standard InChI is InChI=1S/C19H21N5O3/c1-4-7-13-11-17(25)22-19(20-13)24-16(10-12(2)23-24)21-18(26)14-8-5-6-9-15(14)27-3/h5-6,8-11H,4,7H2,1-3H3,(H,21,26)(H,20,22,25). The topological polar surface area (TPSA) is 102 Å². The molecule has 0 aliphatic carbocycles. The molecule has 8 heteroatoms. The minimum atomic E-state index is -0.347. The minimum Gasteiger partial charge on any atom is -0.496 e. The highest BCUT2D eigenvalue weighted by atomic mass is 16.5. The van der Waals surface area contributed by atoms with E-state index in [1.807, 2.05) is 6.92 Å². The number of nitrogens with zero attached hydrogens (tertiary/aromatic N) is 3. The number of anilines is 1. The second-order valence-electron chi connectivity index (χ2n) is 6.05. The maximum atomic E-state index is 12.7. The lowest BCUT2D eigenvalue weighted by atomic mass is 10.2. The highest BCUT2D eigenvalue weighted by Gasteiger charge is 2.17. The van der Waals surface area contributed by atoms with E-state index in [2.05, 4.69) is 20.4 Å². The third-order valence-corrected chi connectivity index (χ3v) is 3.91. The van der Waals surface area contributed by atoms with E-state index >= 15 is 0 Å². The van der Waals surface area contributed by atoms with E-state index in [1.165, 1.54) is 17.9 Å². The SMILES string of the molecule is CCCc1cc(=O)[nH]c(-n2nc(C)cc2NC(=O)c2ccccc2OC)n1. The molecule has 2 N–H and O–H groups in total. The number of aryl methyl sites for hydroxylation is 2. The number of rotatable bonds is 6. The number of benzene rings is 1. The van der Waals surface area contributed by atoms with Gasteiger partial charge in [0.1, 0.15) is 11.6 Å². The van der Waals surface area contributed by atoms with Gasteiger partial charge in [-0.25, -0.2) is 4.98 Å². The van der Waals surface area contributed by atoms with Crippen LogP contribution in [0.25, 0.3) is 5.95 Å². The zero-order valence-corrected chi connectivity index (χ0v) is 15.4. The van der Waals surface area contributed by atoms with Crippen molar-refractivity contribution in [2.45, 2.75) is 26.7 Å². The number of para-hydroxylation sites is 1. The molecule has 0 saturated heterocycles. The average Bonchev–Trinajstić information content (AvgIpc) is 3.01. The molecule has 0 radical (unpaired) electrons. The summed E-state index contributed by atoms with van der Waals surface area (Å²) in [5.74, 6) is 0.782. The molecule has 1 aromatic carbocycles. The fraction of sp³-hybridized carbons (Fsp3) is 0.263. The Kier molecular flexibility index (Phi) is 5.35. The number of amides is 1. The second kappa shape index (κ2) is 7.86. The highest BCUT2D eigenvalue weighted by Crippen LogP contribution is 2.20. The Bertz CT molecular complexity index is 1020. The molecular formula is C19H21N5O3. The summed E-state index contributed by atoms with van der Waals surface area (Å²) in [4.78, 5) is 31.8. The average molecular weight is 367 g/mol. The molecule has 0 aliphatic heterocycles. The van der Waals surface area contributed by atoms with Crippen LogP contribution in [0.2, 0.25) is 0 Å². The van der Waals surface area contributed by atoms with Crippen molar-refractivity contribution in [2.75, 3.05) is 12.4 Å². The molecule has 3 aromatic rings. The first-order valence-corrected chi connectivity index (χ1v) is 8.63. The summed E-state index contributed by atoms with van der Waals surface area (Å²) in [6, 6.07) is 10.1. The number of hydrogen-bond acceptors (Lipinski definition) is 5. The number of methoxy groups -OCH3 is 1. The largest absolute Gasteiger partial charge is 0.496 e. The van der Waals surface area contributed by atoms with E-state index < -0.39 is 0 Å². The van der Waals surface area contributed by atoms with Crippen LogP contribution in [-0.2, 0) is 6.42 Å². The number of aromatic nitrogens is 4. The predicted molar refractivity (Wildman–Crippen MR) is 102 cm³/mol. The number of carbonyl (C=O) groups excluding carboxylic acids is 1. The Hall–Kier alpha value is -3.42. The van der Waals surface area contributed by atoms with Gasteiger partial charge >= 0.3 is 0 Å². The first-order valence-electron chi connectivity index (χ1n) is 8.63. The quantitative estimate of drug-likeness (QED) is 0.697. The highest BCUT2D eigenvalue weighted by molar-refractivity contribution is 6.05.